The van der Waals surface area contributed by atoms with E-state index in [0.717, 1.165) is 19.6 Å². The number of nitrogens with zero attached hydrogens (tertiary/aromatic N) is 3. The van der Waals surface area contributed by atoms with Crippen molar-refractivity contribution in [1.29, 1.82) is 0 Å². The number of carboxylic acids is 1. The van der Waals surface area contributed by atoms with Gasteiger partial charge in [0.05, 0.1) is 0 Å². The Morgan fingerprint density at radius 1 is 1.08 bits per heavy atom. The molecule has 2 N–H and O–H groups in total. The van der Waals surface area contributed by atoms with Gasteiger partial charge >= 0.3 is 5.97 Å². The van der Waals surface area contributed by atoms with Gasteiger partial charge in [-0.2, -0.15) is 5.10 Å². The van der Waals surface area contributed by atoms with Crippen molar-refractivity contribution in [3.63, 3.8) is 0 Å². The molecule has 0 unspecified atom stereocenters. The molecular weight excluding hydrogens is 320 g/mol. The van der Waals surface area contributed by atoms with E-state index in [1.54, 1.807) is 0 Å². The van der Waals surface area contributed by atoms with E-state index in [-0.39, 0.29) is 18.1 Å². The summed E-state index contributed by atoms with van der Waals surface area (Å²) in [5, 5.41) is 15.5. The number of amides is 1. The number of aromatic nitrogens is 2. The van der Waals surface area contributed by atoms with Crippen molar-refractivity contribution < 1.29 is 14.7 Å². The first-order valence-corrected chi connectivity index (χ1v) is 8.48. The van der Waals surface area contributed by atoms with Gasteiger partial charge in [0.25, 0.3) is 5.91 Å². The molecule has 1 aromatic carbocycles. The molecule has 2 heterocycles. The second-order valence-corrected chi connectivity index (χ2v) is 6.28. The second-order valence-electron chi connectivity index (χ2n) is 6.28. The maximum atomic E-state index is 12.2. The number of nitrogens with one attached hydrogen (secondary N) is 1. The number of benzene rings is 1. The number of carbonyl (C=O) groups is 2. The van der Waals surface area contributed by atoms with Gasteiger partial charge in [0, 0.05) is 18.4 Å². The third kappa shape index (κ3) is 4.90. The van der Waals surface area contributed by atoms with E-state index in [9.17, 15) is 9.59 Å². The molecule has 132 valence electrons. The molecular formula is C18H22N4O3. The lowest BCUT2D eigenvalue weighted by Gasteiger charge is -2.26. The van der Waals surface area contributed by atoms with Gasteiger partial charge in [-0.15, -0.1) is 0 Å². The molecule has 1 aliphatic heterocycles. The summed E-state index contributed by atoms with van der Waals surface area (Å²) in [6.07, 6.45) is 5.33. The lowest BCUT2D eigenvalue weighted by molar-refractivity contribution is -0.137. The zero-order chi connectivity index (χ0) is 17.6. The van der Waals surface area contributed by atoms with Gasteiger partial charge in [-0.3, -0.25) is 19.2 Å². The summed E-state index contributed by atoms with van der Waals surface area (Å²) in [4.78, 5) is 25.3. The first-order chi connectivity index (χ1) is 12.1. The van der Waals surface area contributed by atoms with Crippen LogP contribution in [0.1, 0.15) is 35.3 Å². The van der Waals surface area contributed by atoms with E-state index < -0.39 is 5.97 Å². The van der Waals surface area contributed by atoms with Gasteiger partial charge in [-0.05, 0) is 49.7 Å². The summed E-state index contributed by atoms with van der Waals surface area (Å²) in [6.45, 7) is 2.97. The second kappa shape index (κ2) is 7.94. The highest BCUT2D eigenvalue weighted by Crippen LogP contribution is 2.15. The Morgan fingerprint density at radius 3 is 2.48 bits per heavy atom. The van der Waals surface area contributed by atoms with Gasteiger partial charge < -0.3 is 10.4 Å². The Kier molecular flexibility index (Phi) is 5.45. The van der Waals surface area contributed by atoms with E-state index in [1.165, 1.54) is 41.8 Å². The van der Waals surface area contributed by atoms with Crippen LogP contribution in [-0.2, 0) is 17.9 Å². The van der Waals surface area contributed by atoms with E-state index >= 15 is 0 Å². The summed E-state index contributed by atoms with van der Waals surface area (Å²) in [6, 6.07) is 9.31. The average molecular weight is 342 g/mol. The molecule has 0 aliphatic carbocycles. The standard InChI is InChI=1S/C18H22N4O3/c23-17(24)13-22-11-8-16(20-22)18(25)19-15-6-4-14(5-7-15)12-21-9-2-1-3-10-21/h4-8,11H,1-3,9-10,12-13H2,(H,19,25)(H,23,24). The maximum Gasteiger partial charge on any atom is 0.325 e. The van der Waals surface area contributed by atoms with Gasteiger partial charge in [0.2, 0.25) is 0 Å². The quantitative estimate of drug-likeness (QED) is 0.840. The molecule has 0 spiro atoms. The summed E-state index contributed by atoms with van der Waals surface area (Å²) < 4.78 is 1.22. The monoisotopic (exact) mass is 342 g/mol. The zero-order valence-electron chi connectivity index (χ0n) is 14.0. The third-order valence-electron chi connectivity index (χ3n) is 4.24. The van der Waals surface area contributed by atoms with Crippen LogP contribution < -0.4 is 5.32 Å². The fraction of sp³-hybridized carbons (Fsp3) is 0.389. The molecule has 1 aromatic heterocycles. The minimum absolute atomic E-state index is 0.193. The van der Waals surface area contributed by atoms with Gasteiger partial charge in [-0.25, -0.2) is 0 Å². The van der Waals surface area contributed by atoms with Crippen molar-refractivity contribution in [1.82, 2.24) is 14.7 Å². The van der Waals surface area contributed by atoms with Crippen LogP contribution in [0, 0.1) is 0 Å². The van der Waals surface area contributed by atoms with E-state index in [4.69, 9.17) is 5.11 Å². The van der Waals surface area contributed by atoms with E-state index in [1.807, 2.05) is 24.3 Å². The van der Waals surface area contributed by atoms with Crippen LogP contribution in [-0.4, -0.2) is 44.8 Å². The molecule has 1 amide bonds. The lowest BCUT2D eigenvalue weighted by atomic mass is 10.1. The predicted molar refractivity (Wildman–Crippen MR) is 93.4 cm³/mol. The smallest absolute Gasteiger partial charge is 0.325 e. The average Bonchev–Trinajstić information content (AvgIpc) is 3.05. The normalized spacial score (nSPS) is 15.0. The number of aliphatic carboxylic acids is 1. The molecule has 0 radical (unpaired) electrons. The Bertz CT molecular complexity index is 733. The minimum Gasteiger partial charge on any atom is -0.480 e. The van der Waals surface area contributed by atoms with Crippen molar-refractivity contribution in [3.8, 4) is 0 Å². The van der Waals surface area contributed by atoms with Crippen molar-refractivity contribution in [2.45, 2.75) is 32.4 Å². The van der Waals surface area contributed by atoms with Crippen molar-refractivity contribution in [2.75, 3.05) is 18.4 Å². The number of carbonyl (C=O) groups excluding carboxylic acids is 1. The summed E-state index contributed by atoms with van der Waals surface area (Å²) in [7, 11) is 0. The first-order valence-electron chi connectivity index (χ1n) is 8.48. The van der Waals surface area contributed by atoms with Crippen LogP contribution >= 0.6 is 0 Å². The van der Waals surface area contributed by atoms with Gasteiger partial charge in [0.15, 0.2) is 5.69 Å². The maximum absolute atomic E-state index is 12.2. The molecule has 1 fully saturated rings. The molecule has 25 heavy (non-hydrogen) atoms. The van der Waals surface area contributed by atoms with Crippen molar-refractivity contribution in [3.05, 3.63) is 47.8 Å². The molecule has 1 saturated heterocycles. The van der Waals surface area contributed by atoms with Crippen molar-refractivity contribution >= 4 is 17.6 Å². The highest BCUT2D eigenvalue weighted by atomic mass is 16.4. The molecule has 0 bridgehead atoms. The molecule has 7 nitrogen and oxygen atoms in total. The molecule has 0 saturated carbocycles. The van der Waals surface area contributed by atoms with Gasteiger partial charge in [-0.1, -0.05) is 18.6 Å². The van der Waals surface area contributed by atoms with Gasteiger partial charge in [0.1, 0.15) is 6.54 Å². The fourth-order valence-corrected chi connectivity index (χ4v) is 2.97. The highest BCUT2D eigenvalue weighted by Gasteiger charge is 2.12. The van der Waals surface area contributed by atoms with Crippen LogP contribution in [0.25, 0.3) is 0 Å². The molecule has 1 aliphatic rings. The first kappa shape index (κ1) is 17.2. The largest absolute Gasteiger partial charge is 0.480 e. The SMILES string of the molecule is O=C(O)Cn1ccc(C(=O)Nc2ccc(CN3CCCCC3)cc2)n1. The Balaban J connectivity index is 1.56. The zero-order valence-corrected chi connectivity index (χ0v) is 14.0. The van der Waals surface area contributed by atoms with Crippen LogP contribution in [0.5, 0.6) is 0 Å². The number of hydrogen-bond acceptors (Lipinski definition) is 4. The summed E-state index contributed by atoms with van der Waals surface area (Å²) in [5.41, 5.74) is 2.12. The number of hydrogen-bond donors (Lipinski definition) is 2. The molecule has 0 atom stereocenters. The predicted octanol–water partition coefficient (Wildman–Crippen LogP) is 2.21. The van der Waals surface area contributed by atoms with Crippen LogP contribution in [0.15, 0.2) is 36.5 Å². The van der Waals surface area contributed by atoms with Crippen LogP contribution in [0.4, 0.5) is 5.69 Å². The summed E-state index contributed by atoms with van der Waals surface area (Å²) in [5.74, 6) is -1.35. The highest BCUT2D eigenvalue weighted by molar-refractivity contribution is 6.02. The topological polar surface area (TPSA) is 87.5 Å². The van der Waals surface area contributed by atoms with E-state index in [2.05, 4.69) is 15.3 Å². The number of rotatable bonds is 6. The number of piperidine rings is 1. The lowest BCUT2D eigenvalue weighted by Crippen LogP contribution is -2.29. The van der Waals surface area contributed by atoms with Crippen LogP contribution in [0.3, 0.4) is 0 Å². The number of likely N-dealkylation sites (tertiary alicyclic amines) is 1. The Morgan fingerprint density at radius 2 is 1.80 bits per heavy atom. The molecule has 3 rings (SSSR count). The Hall–Kier alpha value is -2.67. The minimum atomic E-state index is -1.00. The molecule has 2 aromatic rings. The fourth-order valence-electron chi connectivity index (χ4n) is 2.97. The summed E-state index contributed by atoms with van der Waals surface area (Å²) >= 11 is 0. The van der Waals surface area contributed by atoms with Crippen LogP contribution in [0.2, 0.25) is 0 Å². The van der Waals surface area contributed by atoms with E-state index in [0.29, 0.717) is 5.69 Å². The Labute approximate surface area is 146 Å². The third-order valence-corrected chi connectivity index (χ3v) is 4.24. The number of anilines is 1. The van der Waals surface area contributed by atoms with Crippen molar-refractivity contribution in [2.24, 2.45) is 0 Å². The molecule has 7 heteroatoms. The number of carboxylic acid groups (broad SMARTS) is 1.